The number of carbonyl (C=O) groups excluding carboxylic acids is 2. The maximum Gasteiger partial charge on any atom is 0.282 e. The molecule has 0 aliphatic rings. The van der Waals surface area contributed by atoms with Crippen molar-refractivity contribution in [3.05, 3.63) is 48.0 Å². The van der Waals surface area contributed by atoms with Gasteiger partial charge in [-0.2, -0.15) is 0 Å². The minimum atomic E-state index is -0.352. The fraction of sp³-hybridized carbons (Fsp3) is 0.250. The average molecular weight is 383 g/mol. The number of anilines is 1. The molecule has 4 N–H and O–H groups in total. The minimum Gasteiger partial charge on any atom is -0.354 e. The lowest BCUT2D eigenvalue weighted by Crippen LogP contribution is -2.93. The van der Waals surface area contributed by atoms with Crippen LogP contribution >= 0.6 is 11.3 Å². The van der Waals surface area contributed by atoms with Crippen molar-refractivity contribution in [2.24, 2.45) is 0 Å². The maximum atomic E-state index is 12.2. The third kappa shape index (κ3) is 4.69. The Morgan fingerprint density at radius 2 is 1.93 bits per heavy atom. The summed E-state index contributed by atoms with van der Waals surface area (Å²) in [6, 6.07) is 13.5. The molecule has 1 aromatic heterocycles. The van der Waals surface area contributed by atoms with Gasteiger partial charge in [0.05, 0.1) is 10.2 Å². The highest BCUT2D eigenvalue weighted by Gasteiger charge is 2.17. The van der Waals surface area contributed by atoms with Crippen molar-refractivity contribution in [1.82, 2.24) is 10.3 Å². The number of hydrogen-bond donors (Lipinski definition) is 3. The second kappa shape index (κ2) is 8.28. The molecule has 0 bridgehead atoms. The van der Waals surface area contributed by atoms with Gasteiger partial charge in [-0.15, -0.1) is 11.3 Å². The zero-order valence-electron chi connectivity index (χ0n) is 15.6. The van der Waals surface area contributed by atoms with E-state index in [1.165, 1.54) is 10.3 Å². The van der Waals surface area contributed by atoms with Gasteiger partial charge in [-0.05, 0) is 55.8 Å². The predicted octanol–water partition coefficient (Wildman–Crippen LogP) is 1.91. The number of quaternary nitrogens is 1. The van der Waals surface area contributed by atoms with Crippen LogP contribution in [0.2, 0.25) is 0 Å². The number of rotatable bonds is 6. The van der Waals surface area contributed by atoms with Gasteiger partial charge in [0.1, 0.15) is 5.01 Å². The number of nitrogens with one attached hydrogen (secondary N) is 2. The van der Waals surface area contributed by atoms with Crippen molar-refractivity contribution < 1.29 is 14.9 Å². The fourth-order valence-electron chi connectivity index (χ4n) is 2.60. The molecule has 2 amide bonds. The normalized spacial score (nSPS) is 12.0. The molecule has 0 aliphatic heterocycles. The summed E-state index contributed by atoms with van der Waals surface area (Å²) in [5, 5.41) is 8.07. The molecular formula is C20H23N4O2S+. The van der Waals surface area contributed by atoms with Gasteiger partial charge in [-0.3, -0.25) is 9.59 Å². The summed E-state index contributed by atoms with van der Waals surface area (Å²) in [5.41, 5.74) is 3.96. The van der Waals surface area contributed by atoms with Gasteiger partial charge in [0.2, 0.25) is 0 Å². The number of aromatic nitrogens is 1. The van der Waals surface area contributed by atoms with Gasteiger partial charge in [-0.1, -0.05) is 6.07 Å². The van der Waals surface area contributed by atoms with E-state index in [9.17, 15) is 9.59 Å². The lowest BCUT2D eigenvalue weighted by atomic mass is 10.2. The number of amides is 2. The quantitative estimate of drug-likeness (QED) is 0.608. The monoisotopic (exact) mass is 383 g/mol. The first-order valence-corrected chi connectivity index (χ1v) is 9.60. The van der Waals surface area contributed by atoms with Crippen molar-refractivity contribution in [2.75, 3.05) is 18.9 Å². The van der Waals surface area contributed by atoms with Crippen molar-refractivity contribution in [2.45, 2.75) is 19.9 Å². The van der Waals surface area contributed by atoms with E-state index < -0.39 is 0 Å². The summed E-state index contributed by atoms with van der Waals surface area (Å²) in [4.78, 5) is 28.2. The molecule has 3 rings (SSSR count). The predicted molar refractivity (Wildman–Crippen MR) is 109 cm³/mol. The van der Waals surface area contributed by atoms with Crippen LogP contribution in [0.5, 0.6) is 0 Å². The van der Waals surface area contributed by atoms with Gasteiger partial charge in [0.25, 0.3) is 11.8 Å². The molecule has 0 fully saturated rings. The molecule has 0 saturated carbocycles. The molecule has 7 heteroatoms. The molecule has 1 heterocycles. The number of hydrogen-bond acceptors (Lipinski definition) is 4. The molecule has 6 nitrogen and oxygen atoms in total. The van der Waals surface area contributed by atoms with Crippen LogP contribution in [-0.2, 0) is 9.59 Å². The van der Waals surface area contributed by atoms with Crippen molar-refractivity contribution in [3.8, 4) is 10.6 Å². The number of likely N-dealkylation sites (N-methyl/N-ethyl adjacent to an activating group) is 1. The average Bonchev–Trinajstić information content (AvgIpc) is 3.09. The van der Waals surface area contributed by atoms with Crippen LogP contribution in [0.3, 0.4) is 0 Å². The zero-order chi connectivity index (χ0) is 19.4. The highest BCUT2D eigenvalue weighted by molar-refractivity contribution is 7.21. The van der Waals surface area contributed by atoms with Crippen molar-refractivity contribution >= 4 is 39.1 Å². The number of fused-ring (bicyclic) bond motifs is 1. The second-order valence-corrected chi connectivity index (χ2v) is 7.49. The van der Waals surface area contributed by atoms with Gasteiger partial charge >= 0.3 is 0 Å². The van der Waals surface area contributed by atoms with Crippen LogP contribution < -0.4 is 16.0 Å². The van der Waals surface area contributed by atoms with E-state index in [0.29, 0.717) is 0 Å². The summed E-state index contributed by atoms with van der Waals surface area (Å²) < 4.78 is 1.17. The van der Waals surface area contributed by atoms with Gasteiger partial charge < -0.3 is 16.0 Å². The Morgan fingerprint density at radius 3 is 2.63 bits per heavy atom. The Kier molecular flexibility index (Phi) is 5.83. The first-order chi connectivity index (χ1) is 13.0. The number of nitrogens with two attached hydrogens (primary N) is 1. The van der Waals surface area contributed by atoms with E-state index in [-0.39, 0.29) is 24.4 Å². The SMILES string of the molecule is CNC(=O)C[NH2+][C@H](C)C(=O)Nc1ccc(-c2nc3ccc(C)cc3s2)cc1. The van der Waals surface area contributed by atoms with Gasteiger partial charge in [0, 0.05) is 18.3 Å². The Morgan fingerprint density at radius 1 is 1.19 bits per heavy atom. The molecule has 140 valence electrons. The summed E-state index contributed by atoms with van der Waals surface area (Å²) in [6.45, 7) is 4.07. The first-order valence-electron chi connectivity index (χ1n) is 8.78. The number of nitrogens with zero attached hydrogens (tertiary/aromatic N) is 1. The van der Waals surface area contributed by atoms with Crippen LogP contribution in [-0.4, -0.2) is 36.4 Å². The van der Waals surface area contributed by atoms with E-state index in [0.717, 1.165) is 21.8 Å². The molecule has 2 aromatic carbocycles. The van der Waals surface area contributed by atoms with E-state index in [2.05, 4.69) is 34.7 Å². The molecule has 0 unspecified atom stereocenters. The number of carbonyl (C=O) groups is 2. The second-order valence-electron chi connectivity index (χ2n) is 6.46. The Balaban J connectivity index is 1.65. The highest BCUT2D eigenvalue weighted by Crippen LogP contribution is 2.31. The molecule has 0 saturated heterocycles. The molecule has 3 aromatic rings. The largest absolute Gasteiger partial charge is 0.354 e. The van der Waals surface area contributed by atoms with Crippen LogP contribution in [0.4, 0.5) is 5.69 Å². The number of thiazole rings is 1. The molecule has 1 atom stereocenters. The van der Waals surface area contributed by atoms with E-state index in [4.69, 9.17) is 0 Å². The standard InChI is InChI=1S/C20H22N4O2S/c1-12-4-9-16-17(10-12)27-20(24-16)14-5-7-15(8-6-14)23-19(26)13(2)22-11-18(25)21-3/h4-10,13,22H,11H2,1-3H3,(H,21,25)(H,23,26)/p+1/t13-/m1/s1. The third-order valence-electron chi connectivity index (χ3n) is 4.29. The smallest absolute Gasteiger partial charge is 0.282 e. The minimum absolute atomic E-state index is 0.106. The van der Waals surface area contributed by atoms with E-state index in [1.54, 1.807) is 30.6 Å². The zero-order valence-corrected chi connectivity index (χ0v) is 16.4. The summed E-state index contributed by atoms with van der Waals surface area (Å²) in [7, 11) is 1.58. The van der Waals surface area contributed by atoms with E-state index in [1.807, 2.05) is 30.3 Å². The molecular weight excluding hydrogens is 360 g/mol. The van der Waals surface area contributed by atoms with Crippen LogP contribution in [0.15, 0.2) is 42.5 Å². The highest BCUT2D eigenvalue weighted by atomic mass is 32.1. The Hall–Kier alpha value is -2.77. The van der Waals surface area contributed by atoms with Crippen molar-refractivity contribution in [3.63, 3.8) is 0 Å². The topological polar surface area (TPSA) is 87.7 Å². The summed E-state index contributed by atoms with van der Waals surface area (Å²) in [5.74, 6) is -0.243. The Labute approximate surface area is 162 Å². The van der Waals surface area contributed by atoms with Crippen molar-refractivity contribution in [1.29, 1.82) is 0 Å². The molecule has 0 aliphatic carbocycles. The number of aryl methyl sites for hydroxylation is 1. The van der Waals surface area contributed by atoms with Crippen LogP contribution in [0, 0.1) is 6.92 Å². The molecule has 0 spiro atoms. The maximum absolute atomic E-state index is 12.2. The van der Waals surface area contributed by atoms with E-state index >= 15 is 0 Å². The fourth-order valence-corrected chi connectivity index (χ4v) is 3.67. The third-order valence-corrected chi connectivity index (χ3v) is 5.36. The lowest BCUT2D eigenvalue weighted by Gasteiger charge is -2.11. The van der Waals surface area contributed by atoms with Gasteiger partial charge in [0.15, 0.2) is 12.6 Å². The summed E-state index contributed by atoms with van der Waals surface area (Å²) in [6.07, 6.45) is 0. The van der Waals surface area contributed by atoms with Crippen LogP contribution in [0.1, 0.15) is 12.5 Å². The number of benzene rings is 2. The first kappa shape index (κ1) is 19.0. The van der Waals surface area contributed by atoms with Crippen LogP contribution in [0.25, 0.3) is 20.8 Å². The van der Waals surface area contributed by atoms with Gasteiger partial charge in [-0.25, -0.2) is 4.98 Å². The molecule has 0 radical (unpaired) electrons. The molecule has 27 heavy (non-hydrogen) atoms. The summed E-state index contributed by atoms with van der Waals surface area (Å²) >= 11 is 1.66. The lowest BCUT2D eigenvalue weighted by molar-refractivity contribution is -0.662. The Bertz CT molecular complexity index is 966.